The van der Waals surface area contributed by atoms with E-state index in [2.05, 4.69) is 183 Å². The average Bonchev–Trinajstić information content (AvgIpc) is 3.34. The maximum Gasteiger partial charge on any atom is 0.0531 e. The molecule has 0 aliphatic rings. The number of aromatic nitrogens is 1. The van der Waals surface area contributed by atoms with Crippen LogP contribution in [0.4, 0.5) is 17.1 Å². The molecule has 0 bridgehead atoms. The molecule has 1 heterocycles. The normalized spacial score (nSPS) is 12.5. The van der Waals surface area contributed by atoms with Crippen LogP contribution in [0.15, 0.2) is 152 Å². The van der Waals surface area contributed by atoms with Crippen LogP contribution < -0.4 is 15.5 Å². The molecular weight excluding hydrogens is 556 g/mol. The van der Waals surface area contributed by atoms with E-state index < -0.39 is 0 Å². The Hall–Kier alpha value is -5.60. The molecule has 0 saturated heterocycles. The summed E-state index contributed by atoms with van der Waals surface area (Å²) in [6.45, 7) is 16.6. The Bertz CT molecular complexity index is 2010. The van der Waals surface area contributed by atoms with Crippen molar-refractivity contribution in [2.45, 2.75) is 27.7 Å². The Morgan fingerprint density at radius 3 is 1.85 bits per heavy atom. The molecule has 0 saturated carbocycles. The molecule has 0 amide bonds. The lowest BCUT2D eigenvalue weighted by atomic mass is 10.0. The summed E-state index contributed by atoms with van der Waals surface area (Å²) in [4.78, 5) is 2.31. The van der Waals surface area contributed by atoms with Gasteiger partial charge in [0, 0.05) is 28.4 Å². The second-order valence-corrected chi connectivity index (χ2v) is 11.1. The van der Waals surface area contributed by atoms with E-state index in [0.717, 1.165) is 44.6 Å². The van der Waals surface area contributed by atoms with Crippen LogP contribution in [0.2, 0.25) is 0 Å². The van der Waals surface area contributed by atoms with Gasteiger partial charge in [0.1, 0.15) is 0 Å². The van der Waals surface area contributed by atoms with Crippen molar-refractivity contribution in [1.82, 2.24) is 4.57 Å². The first-order valence-electron chi connectivity index (χ1n) is 15.8. The molecule has 0 aliphatic heterocycles. The first-order valence-corrected chi connectivity index (χ1v) is 15.8. The number of allylic oxidation sites excluding steroid dienone is 8. The summed E-state index contributed by atoms with van der Waals surface area (Å²) in [5.41, 5.74) is 11.4. The summed E-state index contributed by atoms with van der Waals surface area (Å²) in [5.74, 6) is 0. The summed E-state index contributed by atoms with van der Waals surface area (Å²) >= 11 is 0. The third-order valence-corrected chi connectivity index (χ3v) is 8.18. The van der Waals surface area contributed by atoms with Gasteiger partial charge in [0.05, 0.1) is 5.35 Å². The van der Waals surface area contributed by atoms with Crippen LogP contribution in [0.3, 0.4) is 0 Å². The van der Waals surface area contributed by atoms with Crippen molar-refractivity contribution < 1.29 is 0 Å². The van der Waals surface area contributed by atoms with Gasteiger partial charge >= 0.3 is 0 Å². The van der Waals surface area contributed by atoms with Crippen molar-refractivity contribution in [1.29, 1.82) is 0 Å². The van der Waals surface area contributed by atoms with Gasteiger partial charge < -0.3 is 9.47 Å². The molecule has 0 spiro atoms. The Labute approximate surface area is 274 Å². The highest BCUT2D eigenvalue weighted by molar-refractivity contribution is 5.81. The molecule has 0 fully saturated rings. The lowest BCUT2D eigenvalue weighted by Gasteiger charge is -2.26. The number of hydrogen-bond acceptors (Lipinski definition) is 1. The lowest BCUT2D eigenvalue weighted by molar-refractivity contribution is 1.01. The molecule has 0 radical (unpaired) electrons. The first kappa shape index (κ1) is 31.8. The molecule has 0 N–H and O–H groups in total. The van der Waals surface area contributed by atoms with Gasteiger partial charge in [-0.2, -0.15) is 0 Å². The van der Waals surface area contributed by atoms with Crippen molar-refractivity contribution in [2.75, 3.05) is 4.90 Å². The fraction of sp³-hybridized carbons (Fsp3) is 0.0909. The van der Waals surface area contributed by atoms with Crippen LogP contribution in [0.1, 0.15) is 37.6 Å². The highest BCUT2D eigenvalue weighted by atomic mass is 15.1. The zero-order valence-electron chi connectivity index (χ0n) is 27.3. The molecule has 46 heavy (non-hydrogen) atoms. The van der Waals surface area contributed by atoms with Gasteiger partial charge in [-0.25, -0.2) is 0 Å². The zero-order chi connectivity index (χ0) is 32.5. The fourth-order valence-electron chi connectivity index (χ4n) is 5.75. The number of hydrogen-bond donors (Lipinski definition) is 0. The molecule has 0 atom stereocenters. The van der Waals surface area contributed by atoms with Gasteiger partial charge in [0.25, 0.3) is 0 Å². The minimum Gasteiger partial charge on any atom is -0.311 e. The van der Waals surface area contributed by atoms with Gasteiger partial charge in [-0.15, -0.1) is 0 Å². The Morgan fingerprint density at radius 1 is 0.696 bits per heavy atom. The predicted molar refractivity (Wildman–Crippen MR) is 202 cm³/mol. The van der Waals surface area contributed by atoms with Gasteiger partial charge in [-0.3, -0.25) is 0 Å². The molecule has 4 aromatic carbocycles. The minimum absolute atomic E-state index is 1.02. The molecule has 0 unspecified atom stereocenters. The molecule has 2 heteroatoms. The summed E-state index contributed by atoms with van der Waals surface area (Å²) < 4.78 is 2.27. The Kier molecular flexibility index (Phi) is 10.3. The number of nitrogens with zero attached hydrogens (tertiary/aromatic N) is 2. The molecule has 5 rings (SSSR count). The van der Waals surface area contributed by atoms with Crippen molar-refractivity contribution >= 4 is 41.4 Å². The fourth-order valence-corrected chi connectivity index (χ4v) is 5.75. The van der Waals surface area contributed by atoms with Crippen LogP contribution in [0, 0.1) is 6.92 Å². The molecule has 0 aliphatic carbocycles. The minimum atomic E-state index is 1.02. The zero-order valence-corrected chi connectivity index (χ0v) is 27.3. The molecule has 1 aromatic heterocycles. The van der Waals surface area contributed by atoms with Crippen molar-refractivity contribution in [3.63, 3.8) is 0 Å². The second-order valence-electron chi connectivity index (χ2n) is 11.1. The summed E-state index contributed by atoms with van der Waals surface area (Å²) in [6.07, 6.45) is 18.5. The van der Waals surface area contributed by atoms with E-state index in [1.54, 1.807) is 0 Å². The summed E-state index contributed by atoms with van der Waals surface area (Å²) in [5, 5.41) is 2.08. The monoisotopic (exact) mass is 598 g/mol. The molecule has 5 aromatic rings. The predicted octanol–water partition coefficient (Wildman–Crippen LogP) is 10.9. The number of rotatable bonds is 10. The van der Waals surface area contributed by atoms with Crippen LogP contribution in [-0.2, 0) is 0 Å². The van der Waals surface area contributed by atoms with Crippen molar-refractivity contribution in [3.05, 3.63) is 180 Å². The maximum atomic E-state index is 4.42. The Balaban J connectivity index is 1.63. The van der Waals surface area contributed by atoms with E-state index >= 15 is 0 Å². The summed E-state index contributed by atoms with van der Waals surface area (Å²) in [6, 6.07) is 36.9. The lowest BCUT2D eigenvalue weighted by Crippen LogP contribution is -2.28. The SMILES string of the molecule is C=C/C=C\c1c(C)c(=C)/c(=C\C=C/C)n1-c1ccc(N(c2ccc(C(/C=C\C)=C/C)cc2)c2ccc(-c3ccccc3)cc2)cc1. The Morgan fingerprint density at radius 2 is 1.28 bits per heavy atom. The van der Waals surface area contributed by atoms with E-state index in [1.807, 2.05) is 25.2 Å². The second kappa shape index (κ2) is 14.9. The molecule has 228 valence electrons. The van der Waals surface area contributed by atoms with Crippen molar-refractivity contribution in [2.24, 2.45) is 0 Å². The highest BCUT2D eigenvalue weighted by Crippen LogP contribution is 2.36. The molecular formula is C44H42N2. The van der Waals surface area contributed by atoms with Crippen LogP contribution >= 0.6 is 0 Å². The van der Waals surface area contributed by atoms with Gasteiger partial charge in [0.2, 0.25) is 0 Å². The highest BCUT2D eigenvalue weighted by Gasteiger charge is 2.15. The van der Waals surface area contributed by atoms with Crippen LogP contribution in [0.5, 0.6) is 0 Å². The number of benzene rings is 4. The van der Waals surface area contributed by atoms with E-state index in [9.17, 15) is 0 Å². The smallest absolute Gasteiger partial charge is 0.0531 e. The van der Waals surface area contributed by atoms with E-state index in [1.165, 1.54) is 22.3 Å². The summed E-state index contributed by atoms with van der Waals surface area (Å²) in [7, 11) is 0. The van der Waals surface area contributed by atoms with Gasteiger partial charge in [-0.05, 0) is 121 Å². The molecule has 2 nitrogen and oxygen atoms in total. The first-order chi connectivity index (χ1) is 22.5. The third kappa shape index (κ3) is 6.72. The van der Waals surface area contributed by atoms with Gasteiger partial charge in [0.15, 0.2) is 0 Å². The largest absolute Gasteiger partial charge is 0.311 e. The van der Waals surface area contributed by atoms with Gasteiger partial charge in [-0.1, -0.05) is 110 Å². The van der Waals surface area contributed by atoms with E-state index in [-0.39, 0.29) is 0 Å². The van der Waals surface area contributed by atoms with Crippen LogP contribution in [0.25, 0.3) is 41.1 Å². The quantitative estimate of drug-likeness (QED) is 0.145. The topological polar surface area (TPSA) is 8.17 Å². The van der Waals surface area contributed by atoms with E-state index in [0.29, 0.717) is 0 Å². The van der Waals surface area contributed by atoms with Crippen molar-refractivity contribution in [3.8, 4) is 16.8 Å². The van der Waals surface area contributed by atoms with E-state index in [4.69, 9.17) is 0 Å². The number of anilines is 3. The van der Waals surface area contributed by atoms with Crippen LogP contribution in [-0.4, -0.2) is 4.57 Å². The standard InChI is InChI=1S/C44H42N2/c1-7-11-19-43-33(5)34(6)44(20-12-8-2)46(43)42-31-29-41(30-32-42)45(39-25-21-37(22-26-39)35(10-4)16-9-3)40-27-23-38(24-28-40)36-17-14-13-15-18-36/h7-32H,1,6H2,2-5H3/b12-8-,16-9-,19-11-,35-10+,44-20+. The average molecular weight is 599 g/mol. The third-order valence-electron chi connectivity index (χ3n) is 8.18. The maximum absolute atomic E-state index is 4.42.